The third-order valence-electron chi connectivity index (χ3n) is 5.15. The number of rotatable bonds is 2. The minimum absolute atomic E-state index is 0.219. The topological polar surface area (TPSA) is 64.0 Å². The van der Waals surface area contributed by atoms with Gasteiger partial charge in [-0.1, -0.05) is 54.1 Å². The molecular formula is C23H16ClN3O2. The molecule has 6 heteroatoms. The molecule has 4 aromatic rings. The zero-order chi connectivity index (χ0) is 20.0. The van der Waals surface area contributed by atoms with E-state index >= 15 is 0 Å². The van der Waals surface area contributed by atoms with Crippen LogP contribution in [0.1, 0.15) is 27.8 Å². The maximum absolute atomic E-state index is 13.4. The fourth-order valence-electron chi connectivity index (χ4n) is 3.79. The number of amides is 1. The van der Waals surface area contributed by atoms with E-state index in [1.807, 2.05) is 42.5 Å². The molecule has 0 aliphatic carbocycles. The van der Waals surface area contributed by atoms with E-state index in [1.165, 1.54) is 4.57 Å². The molecule has 0 saturated heterocycles. The molecule has 1 unspecified atom stereocenters. The van der Waals surface area contributed by atoms with E-state index in [-0.39, 0.29) is 11.5 Å². The highest BCUT2D eigenvalue weighted by Crippen LogP contribution is 2.28. The number of carbonyl (C=O) groups is 1. The van der Waals surface area contributed by atoms with Crippen molar-refractivity contribution >= 4 is 28.4 Å². The lowest BCUT2D eigenvalue weighted by Gasteiger charge is -2.19. The monoisotopic (exact) mass is 401 g/mol. The molecule has 1 aliphatic rings. The summed E-state index contributed by atoms with van der Waals surface area (Å²) in [6.07, 6.45) is 0.513. The summed E-state index contributed by atoms with van der Waals surface area (Å²) >= 11 is 6.21. The number of benzene rings is 3. The maximum atomic E-state index is 13.4. The highest BCUT2D eigenvalue weighted by Gasteiger charge is 2.29. The van der Waals surface area contributed by atoms with E-state index in [9.17, 15) is 9.59 Å². The number of nitrogens with zero attached hydrogens (tertiary/aromatic N) is 2. The van der Waals surface area contributed by atoms with Gasteiger partial charge in [-0.05, 0) is 42.3 Å². The number of para-hydroxylation sites is 1. The fraction of sp³-hybridized carbons (Fsp3) is 0.0870. The molecule has 1 aliphatic heterocycles. The molecular weight excluding hydrogens is 386 g/mol. The first-order valence-electron chi connectivity index (χ1n) is 9.28. The minimum Gasteiger partial charge on any atom is -0.342 e. The van der Waals surface area contributed by atoms with Gasteiger partial charge in [0, 0.05) is 5.02 Å². The van der Waals surface area contributed by atoms with Gasteiger partial charge in [0.15, 0.2) is 0 Å². The molecule has 0 saturated carbocycles. The smallest absolute Gasteiger partial charge is 0.266 e. The first kappa shape index (κ1) is 17.6. The minimum atomic E-state index is -0.464. The number of aromatic nitrogens is 2. The number of hydrogen-bond acceptors (Lipinski definition) is 3. The Bertz CT molecular complexity index is 1320. The van der Waals surface area contributed by atoms with Gasteiger partial charge in [0.25, 0.3) is 11.5 Å². The van der Waals surface area contributed by atoms with Crippen molar-refractivity contribution in [2.24, 2.45) is 0 Å². The average Bonchev–Trinajstić information content (AvgIpc) is 2.84. The first-order valence-corrected chi connectivity index (χ1v) is 9.66. The lowest BCUT2D eigenvalue weighted by atomic mass is 10.0. The van der Waals surface area contributed by atoms with Crippen LogP contribution in [0.25, 0.3) is 16.6 Å². The molecule has 142 valence electrons. The number of carbonyl (C=O) groups excluding carboxylic acids is 1. The van der Waals surface area contributed by atoms with Crippen molar-refractivity contribution in [2.45, 2.75) is 12.5 Å². The van der Waals surface area contributed by atoms with Crippen LogP contribution in [0.3, 0.4) is 0 Å². The predicted molar refractivity (Wildman–Crippen MR) is 113 cm³/mol. The lowest BCUT2D eigenvalue weighted by Crippen LogP contribution is -2.31. The van der Waals surface area contributed by atoms with Gasteiger partial charge < -0.3 is 5.32 Å². The standard InChI is InChI=1S/C23H16ClN3O2/c24-15-10-11-17-20(13-15)27-21(25-18-9-5-4-8-16(18)23(27)29)19(26-22(17)28)12-14-6-2-1-3-7-14/h1-11,13,19H,12H2,(H,26,28). The van der Waals surface area contributed by atoms with Crippen LogP contribution < -0.4 is 10.9 Å². The molecule has 3 aromatic carbocycles. The molecule has 29 heavy (non-hydrogen) atoms. The lowest BCUT2D eigenvalue weighted by molar-refractivity contribution is 0.0938. The Morgan fingerprint density at radius 2 is 1.72 bits per heavy atom. The van der Waals surface area contributed by atoms with Crippen LogP contribution in [-0.4, -0.2) is 15.5 Å². The molecule has 1 N–H and O–H groups in total. The number of nitrogens with one attached hydrogen (secondary N) is 1. The third kappa shape index (κ3) is 3.00. The number of halogens is 1. The Balaban J connectivity index is 1.82. The number of fused-ring (bicyclic) bond motifs is 4. The van der Waals surface area contributed by atoms with Crippen LogP contribution >= 0.6 is 11.6 Å². The van der Waals surface area contributed by atoms with E-state index in [4.69, 9.17) is 16.6 Å². The Morgan fingerprint density at radius 3 is 2.55 bits per heavy atom. The summed E-state index contributed by atoms with van der Waals surface area (Å²) in [6.45, 7) is 0. The van der Waals surface area contributed by atoms with E-state index in [1.54, 1.807) is 30.3 Å². The van der Waals surface area contributed by atoms with E-state index < -0.39 is 6.04 Å². The summed E-state index contributed by atoms with van der Waals surface area (Å²) in [5, 5.41) is 3.99. The molecule has 5 nitrogen and oxygen atoms in total. The van der Waals surface area contributed by atoms with Gasteiger partial charge in [0.05, 0.1) is 28.2 Å². The quantitative estimate of drug-likeness (QED) is 0.550. The van der Waals surface area contributed by atoms with Crippen molar-refractivity contribution in [3.8, 4) is 5.69 Å². The summed E-state index contributed by atoms with van der Waals surface area (Å²) in [4.78, 5) is 31.2. The van der Waals surface area contributed by atoms with Crippen LogP contribution in [-0.2, 0) is 6.42 Å². The SMILES string of the molecule is O=C1NC(Cc2ccccc2)c2nc3ccccc3c(=O)n2-c2cc(Cl)ccc21. The highest BCUT2D eigenvalue weighted by atomic mass is 35.5. The van der Waals surface area contributed by atoms with Gasteiger partial charge in [0.2, 0.25) is 0 Å². The van der Waals surface area contributed by atoms with Crippen LogP contribution in [0.4, 0.5) is 0 Å². The second-order valence-electron chi connectivity index (χ2n) is 7.00. The van der Waals surface area contributed by atoms with Crippen LogP contribution in [0.2, 0.25) is 5.02 Å². The van der Waals surface area contributed by atoms with Gasteiger partial charge in [-0.25, -0.2) is 4.98 Å². The van der Waals surface area contributed by atoms with Gasteiger partial charge in [-0.15, -0.1) is 0 Å². The summed E-state index contributed by atoms with van der Waals surface area (Å²) in [5.41, 5.74) is 2.26. The second-order valence-corrected chi connectivity index (χ2v) is 7.44. The predicted octanol–water partition coefficient (Wildman–Crippen LogP) is 4.07. The normalized spacial score (nSPS) is 15.3. The molecule has 0 spiro atoms. The van der Waals surface area contributed by atoms with Crippen LogP contribution in [0, 0.1) is 0 Å². The Hall–Kier alpha value is -3.44. The fourth-order valence-corrected chi connectivity index (χ4v) is 3.96. The molecule has 1 amide bonds. The third-order valence-corrected chi connectivity index (χ3v) is 5.38. The maximum Gasteiger partial charge on any atom is 0.266 e. The summed E-state index contributed by atoms with van der Waals surface area (Å²) in [6, 6.07) is 21.5. The Morgan fingerprint density at radius 1 is 0.966 bits per heavy atom. The number of hydrogen-bond donors (Lipinski definition) is 1. The Kier molecular flexibility index (Phi) is 4.18. The molecule has 0 bridgehead atoms. The summed E-state index contributed by atoms with van der Waals surface area (Å²) in [5.74, 6) is 0.235. The molecule has 2 heterocycles. The van der Waals surface area contributed by atoms with Gasteiger partial charge >= 0.3 is 0 Å². The zero-order valence-corrected chi connectivity index (χ0v) is 16.1. The zero-order valence-electron chi connectivity index (χ0n) is 15.3. The van der Waals surface area contributed by atoms with Gasteiger partial charge in [0.1, 0.15) is 5.82 Å². The average molecular weight is 402 g/mol. The Labute approximate surface area is 171 Å². The van der Waals surface area contributed by atoms with Crippen molar-refractivity contribution in [3.05, 3.63) is 105 Å². The van der Waals surface area contributed by atoms with E-state index in [0.717, 1.165) is 5.56 Å². The van der Waals surface area contributed by atoms with E-state index in [2.05, 4.69) is 5.32 Å². The summed E-state index contributed by atoms with van der Waals surface area (Å²) < 4.78 is 1.52. The highest BCUT2D eigenvalue weighted by molar-refractivity contribution is 6.31. The second kappa shape index (κ2) is 6.87. The van der Waals surface area contributed by atoms with Crippen molar-refractivity contribution in [2.75, 3.05) is 0 Å². The van der Waals surface area contributed by atoms with E-state index in [0.29, 0.717) is 39.4 Å². The van der Waals surface area contributed by atoms with Crippen molar-refractivity contribution < 1.29 is 4.79 Å². The van der Waals surface area contributed by atoms with Gasteiger partial charge in [-0.2, -0.15) is 0 Å². The largest absolute Gasteiger partial charge is 0.342 e. The molecule has 5 rings (SSSR count). The summed E-state index contributed by atoms with van der Waals surface area (Å²) in [7, 11) is 0. The van der Waals surface area contributed by atoms with Crippen molar-refractivity contribution in [1.29, 1.82) is 0 Å². The molecule has 1 aromatic heterocycles. The van der Waals surface area contributed by atoms with Crippen molar-refractivity contribution in [1.82, 2.24) is 14.9 Å². The van der Waals surface area contributed by atoms with Crippen molar-refractivity contribution in [3.63, 3.8) is 0 Å². The molecule has 1 atom stereocenters. The van der Waals surface area contributed by atoms with Crippen LogP contribution in [0.15, 0.2) is 77.6 Å². The molecule has 0 fully saturated rings. The molecule has 0 radical (unpaired) electrons. The first-order chi connectivity index (χ1) is 14.1. The van der Waals surface area contributed by atoms with Crippen LogP contribution in [0.5, 0.6) is 0 Å². The van der Waals surface area contributed by atoms with Gasteiger partial charge in [-0.3, -0.25) is 14.2 Å².